The first-order valence-corrected chi connectivity index (χ1v) is 5.59. The fourth-order valence-corrected chi connectivity index (χ4v) is 1.68. The van der Waals surface area contributed by atoms with Gasteiger partial charge in [-0.2, -0.15) is 0 Å². The second kappa shape index (κ2) is 6.16. The maximum atomic E-state index is 11.0. The maximum Gasteiger partial charge on any atom is 0.335 e. The van der Waals surface area contributed by atoms with Crippen LogP contribution in [0.25, 0.3) is 0 Å². The van der Waals surface area contributed by atoms with Crippen LogP contribution in [0.4, 0.5) is 0 Å². The minimum absolute atomic E-state index is 0.386. The maximum absolute atomic E-state index is 11.0. The van der Waals surface area contributed by atoms with Gasteiger partial charge in [0.05, 0.1) is 12.7 Å². The van der Waals surface area contributed by atoms with Crippen molar-refractivity contribution in [3.63, 3.8) is 0 Å². The van der Waals surface area contributed by atoms with E-state index >= 15 is 0 Å². The molecule has 16 heavy (non-hydrogen) atoms. The molecule has 0 saturated carbocycles. The lowest BCUT2D eigenvalue weighted by atomic mass is 10.0. The topological polar surface area (TPSA) is 46.5 Å². The molecule has 0 amide bonds. The average molecular weight is 222 g/mol. The normalized spacial score (nSPS) is 10.1. The van der Waals surface area contributed by atoms with E-state index < -0.39 is 5.97 Å². The molecule has 0 fully saturated rings. The number of methoxy groups -OCH3 is 1. The summed E-state index contributed by atoms with van der Waals surface area (Å²) in [7, 11) is 1.59. The van der Waals surface area contributed by atoms with Crippen molar-refractivity contribution >= 4 is 5.97 Å². The molecule has 1 aromatic rings. The van der Waals surface area contributed by atoms with Crippen molar-refractivity contribution in [2.45, 2.75) is 32.6 Å². The molecule has 0 aliphatic carbocycles. The van der Waals surface area contributed by atoms with Gasteiger partial charge in [0.2, 0.25) is 0 Å². The molecule has 88 valence electrons. The molecule has 0 unspecified atom stereocenters. The summed E-state index contributed by atoms with van der Waals surface area (Å²) in [5, 5.41) is 9.04. The van der Waals surface area contributed by atoms with Gasteiger partial charge in [-0.1, -0.05) is 19.8 Å². The molecule has 3 heteroatoms. The van der Waals surface area contributed by atoms with Crippen molar-refractivity contribution in [2.75, 3.05) is 7.11 Å². The lowest BCUT2D eigenvalue weighted by Gasteiger charge is -2.08. The van der Waals surface area contributed by atoms with Gasteiger partial charge >= 0.3 is 5.97 Å². The number of carboxylic acid groups (broad SMARTS) is 1. The van der Waals surface area contributed by atoms with E-state index in [0.29, 0.717) is 5.56 Å². The number of unbranched alkanes of at least 4 members (excludes halogenated alkanes) is 2. The van der Waals surface area contributed by atoms with E-state index in [2.05, 4.69) is 6.92 Å². The van der Waals surface area contributed by atoms with Crippen LogP contribution in [0.2, 0.25) is 0 Å². The first-order valence-electron chi connectivity index (χ1n) is 5.59. The number of hydrogen-bond acceptors (Lipinski definition) is 2. The second-order valence-electron chi connectivity index (χ2n) is 3.79. The van der Waals surface area contributed by atoms with Gasteiger partial charge in [0.15, 0.2) is 0 Å². The Kier molecular flexibility index (Phi) is 4.83. The van der Waals surface area contributed by atoms with Crippen molar-refractivity contribution in [3.8, 4) is 5.75 Å². The fraction of sp³-hybridized carbons (Fsp3) is 0.462. The van der Waals surface area contributed by atoms with Crippen LogP contribution >= 0.6 is 0 Å². The van der Waals surface area contributed by atoms with Crippen LogP contribution in [0.3, 0.4) is 0 Å². The molecule has 1 aromatic carbocycles. The molecular formula is C13H18O3. The molecule has 0 aliphatic rings. The summed E-state index contributed by atoms with van der Waals surface area (Å²) in [4.78, 5) is 11.0. The van der Waals surface area contributed by atoms with E-state index in [1.807, 2.05) is 6.07 Å². The number of aryl methyl sites for hydroxylation is 1. The highest BCUT2D eigenvalue weighted by Gasteiger charge is 2.10. The summed E-state index contributed by atoms with van der Waals surface area (Å²) in [6.07, 6.45) is 4.07. The first kappa shape index (κ1) is 12.6. The summed E-state index contributed by atoms with van der Waals surface area (Å²) in [5.74, 6) is -0.148. The summed E-state index contributed by atoms with van der Waals surface area (Å²) < 4.78 is 5.10. The SMILES string of the molecule is CCCCCc1cc(OC)ccc1C(=O)O. The number of benzene rings is 1. The van der Waals surface area contributed by atoms with Crippen LogP contribution in [-0.2, 0) is 6.42 Å². The molecule has 0 heterocycles. The Morgan fingerprint density at radius 2 is 2.12 bits per heavy atom. The Bertz CT molecular complexity index is 358. The molecule has 0 aromatic heterocycles. The van der Waals surface area contributed by atoms with Gasteiger partial charge in [0.25, 0.3) is 0 Å². The van der Waals surface area contributed by atoms with Crippen molar-refractivity contribution < 1.29 is 14.6 Å². The Morgan fingerprint density at radius 3 is 2.69 bits per heavy atom. The highest BCUT2D eigenvalue weighted by atomic mass is 16.5. The van der Waals surface area contributed by atoms with Crippen LogP contribution in [0, 0.1) is 0 Å². The van der Waals surface area contributed by atoms with Crippen LogP contribution in [0.1, 0.15) is 42.1 Å². The summed E-state index contributed by atoms with van der Waals surface area (Å²) in [5.41, 5.74) is 1.25. The third-order valence-corrected chi connectivity index (χ3v) is 2.59. The molecule has 3 nitrogen and oxygen atoms in total. The van der Waals surface area contributed by atoms with Gasteiger partial charge in [-0.3, -0.25) is 0 Å². The van der Waals surface area contributed by atoms with Crippen LogP contribution in [-0.4, -0.2) is 18.2 Å². The third-order valence-electron chi connectivity index (χ3n) is 2.59. The fourth-order valence-electron chi connectivity index (χ4n) is 1.68. The number of hydrogen-bond donors (Lipinski definition) is 1. The third kappa shape index (κ3) is 3.26. The van der Waals surface area contributed by atoms with E-state index in [-0.39, 0.29) is 0 Å². The molecular weight excluding hydrogens is 204 g/mol. The molecule has 0 aliphatic heterocycles. The Balaban J connectivity index is 2.87. The minimum Gasteiger partial charge on any atom is -0.497 e. The first-order chi connectivity index (χ1) is 7.69. The average Bonchev–Trinajstić information content (AvgIpc) is 2.29. The summed E-state index contributed by atoms with van der Waals surface area (Å²) >= 11 is 0. The molecule has 0 atom stereocenters. The molecule has 1 N–H and O–H groups in total. The Morgan fingerprint density at radius 1 is 1.38 bits per heavy atom. The lowest BCUT2D eigenvalue weighted by molar-refractivity contribution is 0.0695. The van der Waals surface area contributed by atoms with Gasteiger partial charge in [-0.15, -0.1) is 0 Å². The Hall–Kier alpha value is -1.51. The van der Waals surface area contributed by atoms with Gasteiger partial charge in [-0.05, 0) is 36.6 Å². The van der Waals surface area contributed by atoms with E-state index in [9.17, 15) is 4.79 Å². The number of carboxylic acids is 1. The van der Waals surface area contributed by atoms with Crippen molar-refractivity contribution in [3.05, 3.63) is 29.3 Å². The van der Waals surface area contributed by atoms with Gasteiger partial charge < -0.3 is 9.84 Å². The molecule has 1 rings (SSSR count). The summed E-state index contributed by atoms with van der Waals surface area (Å²) in [6.45, 7) is 2.13. The zero-order chi connectivity index (χ0) is 12.0. The second-order valence-corrected chi connectivity index (χ2v) is 3.79. The summed E-state index contributed by atoms with van der Waals surface area (Å²) in [6, 6.07) is 5.12. The standard InChI is InChI=1S/C13H18O3/c1-3-4-5-6-10-9-11(16-2)7-8-12(10)13(14)15/h7-9H,3-6H2,1-2H3,(H,14,15). The quantitative estimate of drug-likeness (QED) is 0.752. The van der Waals surface area contributed by atoms with E-state index in [0.717, 1.165) is 37.0 Å². The zero-order valence-corrected chi connectivity index (χ0v) is 9.82. The van der Waals surface area contributed by atoms with E-state index in [4.69, 9.17) is 9.84 Å². The minimum atomic E-state index is -0.867. The van der Waals surface area contributed by atoms with Crippen LogP contribution in [0.5, 0.6) is 5.75 Å². The predicted molar refractivity (Wildman–Crippen MR) is 63.2 cm³/mol. The highest BCUT2D eigenvalue weighted by molar-refractivity contribution is 5.89. The molecule has 0 bridgehead atoms. The lowest BCUT2D eigenvalue weighted by Crippen LogP contribution is -2.03. The van der Waals surface area contributed by atoms with E-state index in [1.54, 1.807) is 19.2 Å². The zero-order valence-electron chi connectivity index (χ0n) is 9.82. The van der Waals surface area contributed by atoms with Crippen molar-refractivity contribution in [2.24, 2.45) is 0 Å². The van der Waals surface area contributed by atoms with E-state index in [1.165, 1.54) is 0 Å². The molecule has 0 radical (unpaired) electrons. The molecule has 0 spiro atoms. The highest BCUT2D eigenvalue weighted by Crippen LogP contribution is 2.20. The number of rotatable bonds is 6. The van der Waals surface area contributed by atoms with Gasteiger partial charge in [0.1, 0.15) is 5.75 Å². The number of carbonyl (C=O) groups is 1. The number of ether oxygens (including phenoxy) is 1. The van der Waals surface area contributed by atoms with Gasteiger partial charge in [-0.25, -0.2) is 4.79 Å². The smallest absolute Gasteiger partial charge is 0.335 e. The molecule has 0 saturated heterocycles. The largest absolute Gasteiger partial charge is 0.497 e. The van der Waals surface area contributed by atoms with Crippen LogP contribution < -0.4 is 4.74 Å². The Labute approximate surface area is 96.1 Å². The van der Waals surface area contributed by atoms with Crippen molar-refractivity contribution in [1.82, 2.24) is 0 Å². The van der Waals surface area contributed by atoms with Gasteiger partial charge in [0, 0.05) is 0 Å². The monoisotopic (exact) mass is 222 g/mol. The van der Waals surface area contributed by atoms with Crippen molar-refractivity contribution in [1.29, 1.82) is 0 Å². The van der Waals surface area contributed by atoms with Crippen LogP contribution in [0.15, 0.2) is 18.2 Å². The predicted octanol–water partition coefficient (Wildman–Crippen LogP) is 3.13. The number of aromatic carboxylic acids is 1.